The number of amides is 4. The summed E-state index contributed by atoms with van der Waals surface area (Å²) in [5.41, 5.74) is 11.4. The largest absolute Gasteiger partial charge is 0.352 e. The fourth-order valence-corrected chi connectivity index (χ4v) is 2.52. The Hall–Kier alpha value is -3.76. The lowest BCUT2D eigenvalue weighted by molar-refractivity contribution is -0.140. The third-order valence-corrected chi connectivity index (χ3v) is 4.23. The van der Waals surface area contributed by atoms with Crippen molar-refractivity contribution in [1.29, 1.82) is 0 Å². The summed E-state index contributed by atoms with van der Waals surface area (Å²) in [5, 5.41) is 5.52. The molecule has 32 heavy (non-hydrogen) atoms. The zero-order chi connectivity index (χ0) is 23.0. The van der Waals surface area contributed by atoms with Crippen molar-refractivity contribution in [2.75, 3.05) is 13.1 Å². The molecular formula is C22H28N6O4. The van der Waals surface area contributed by atoms with Crippen molar-refractivity contribution in [1.82, 2.24) is 32.3 Å². The molecule has 0 aromatic heterocycles. The van der Waals surface area contributed by atoms with Gasteiger partial charge in [0.05, 0.1) is 0 Å². The number of benzene rings is 2. The summed E-state index contributed by atoms with van der Waals surface area (Å²) in [4.78, 5) is 46.9. The van der Waals surface area contributed by atoms with Crippen LogP contribution in [-0.2, 0) is 32.3 Å². The Morgan fingerprint density at radius 3 is 1.31 bits per heavy atom. The quantitative estimate of drug-likeness (QED) is 0.151. The van der Waals surface area contributed by atoms with Crippen LogP contribution in [0.2, 0.25) is 0 Å². The van der Waals surface area contributed by atoms with Crippen LogP contribution in [0.1, 0.15) is 24.0 Å². The highest BCUT2D eigenvalue weighted by Gasteiger charge is 2.12. The van der Waals surface area contributed by atoms with Crippen LogP contribution in [0.25, 0.3) is 0 Å². The summed E-state index contributed by atoms with van der Waals surface area (Å²) in [5.74, 6) is -2.22. The molecule has 6 N–H and O–H groups in total. The number of rotatable bonds is 12. The van der Waals surface area contributed by atoms with E-state index in [0.29, 0.717) is 13.1 Å². The monoisotopic (exact) mass is 440 g/mol. The Bertz CT molecular complexity index is 803. The second-order valence-electron chi connectivity index (χ2n) is 6.79. The SMILES string of the molecule is O=C(CCNNC(=O)C(=O)NNCCC(=O)NCc1ccccc1)NCc1ccccc1. The average molecular weight is 441 g/mol. The number of hydrogen-bond donors (Lipinski definition) is 6. The first-order valence-electron chi connectivity index (χ1n) is 10.2. The Labute approximate surface area is 186 Å². The van der Waals surface area contributed by atoms with Gasteiger partial charge in [-0.15, -0.1) is 0 Å². The molecular weight excluding hydrogens is 412 g/mol. The third-order valence-electron chi connectivity index (χ3n) is 4.23. The fourth-order valence-electron chi connectivity index (χ4n) is 2.52. The van der Waals surface area contributed by atoms with Crippen LogP contribution < -0.4 is 32.3 Å². The average Bonchev–Trinajstić information content (AvgIpc) is 2.83. The Balaban J connectivity index is 1.47. The number of hydrazine groups is 2. The van der Waals surface area contributed by atoms with E-state index in [2.05, 4.69) is 32.3 Å². The highest BCUT2D eigenvalue weighted by atomic mass is 16.2. The van der Waals surface area contributed by atoms with Gasteiger partial charge in [0.1, 0.15) is 0 Å². The summed E-state index contributed by atoms with van der Waals surface area (Å²) in [6, 6.07) is 19.0. The minimum absolute atomic E-state index is 0.130. The van der Waals surface area contributed by atoms with Crippen molar-refractivity contribution in [3.8, 4) is 0 Å². The molecule has 10 nitrogen and oxygen atoms in total. The molecule has 2 aromatic rings. The zero-order valence-electron chi connectivity index (χ0n) is 17.6. The molecule has 0 fully saturated rings. The van der Waals surface area contributed by atoms with Crippen molar-refractivity contribution in [3.05, 3.63) is 71.8 Å². The molecule has 170 valence electrons. The van der Waals surface area contributed by atoms with Gasteiger partial charge in [-0.1, -0.05) is 60.7 Å². The van der Waals surface area contributed by atoms with Gasteiger partial charge in [0, 0.05) is 39.0 Å². The molecule has 0 radical (unpaired) electrons. The van der Waals surface area contributed by atoms with E-state index < -0.39 is 11.8 Å². The lowest BCUT2D eigenvalue weighted by Gasteiger charge is -2.09. The van der Waals surface area contributed by atoms with Gasteiger partial charge in [-0.3, -0.25) is 30.0 Å². The van der Waals surface area contributed by atoms with Gasteiger partial charge in [0.2, 0.25) is 11.8 Å². The Morgan fingerprint density at radius 2 is 0.938 bits per heavy atom. The lowest BCUT2D eigenvalue weighted by Crippen LogP contribution is -2.51. The topological polar surface area (TPSA) is 140 Å². The van der Waals surface area contributed by atoms with Gasteiger partial charge >= 0.3 is 11.8 Å². The van der Waals surface area contributed by atoms with Gasteiger partial charge in [0.25, 0.3) is 0 Å². The van der Waals surface area contributed by atoms with Gasteiger partial charge in [-0.25, -0.2) is 10.9 Å². The maximum absolute atomic E-state index is 11.8. The normalized spacial score (nSPS) is 10.1. The second-order valence-corrected chi connectivity index (χ2v) is 6.79. The third kappa shape index (κ3) is 10.3. The molecule has 2 rings (SSSR count). The molecule has 0 bridgehead atoms. The van der Waals surface area contributed by atoms with E-state index in [-0.39, 0.29) is 37.7 Å². The van der Waals surface area contributed by atoms with E-state index in [4.69, 9.17) is 0 Å². The highest BCUT2D eigenvalue weighted by molar-refractivity contribution is 6.34. The molecule has 0 saturated carbocycles. The molecule has 2 aromatic carbocycles. The van der Waals surface area contributed by atoms with Crippen molar-refractivity contribution >= 4 is 23.6 Å². The van der Waals surface area contributed by atoms with Crippen LogP contribution in [0.3, 0.4) is 0 Å². The molecule has 4 amide bonds. The second kappa shape index (κ2) is 14.3. The number of carbonyl (C=O) groups is 4. The summed E-state index contributed by atoms with van der Waals surface area (Å²) < 4.78 is 0. The molecule has 0 atom stereocenters. The minimum Gasteiger partial charge on any atom is -0.352 e. The van der Waals surface area contributed by atoms with Crippen LogP contribution in [0.15, 0.2) is 60.7 Å². The maximum Gasteiger partial charge on any atom is 0.324 e. The van der Waals surface area contributed by atoms with E-state index in [1.807, 2.05) is 60.7 Å². The van der Waals surface area contributed by atoms with Gasteiger partial charge < -0.3 is 10.6 Å². The minimum atomic E-state index is -0.921. The number of carbonyl (C=O) groups excluding carboxylic acids is 4. The lowest BCUT2D eigenvalue weighted by atomic mass is 10.2. The summed E-state index contributed by atoms with van der Waals surface area (Å²) in [6.45, 7) is 1.16. The Morgan fingerprint density at radius 1 is 0.562 bits per heavy atom. The molecule has 0 aliphatic carbocycles. The predicted molar refractivity (Wildman–Crippen MR) is 118 cm³/mol. The molecule has 0 aliphatic rings. The van der Waals surface area contributed by atoms with Crippen LogP contribution >= 0.6 is 0 Å². The van der Waals surface area contributed by atoms with E-state index in [1.54, 1.807) is 0 Å². The van der Waals surface area contributed by atoms with Crippen LogP contribution in [0, 0.1) is 0 Å². The van der Waals surface area contributed by atoms with Gasteiger partial charge in [0.15, 0.2) is 0 Å². The van der Waals surface area contributed by atoms with Gasteiger partial charge in [-0.2, -0.15) is 0 Å². The number of hydrogen-bond acceptors (Lipinski definition) is 6. The smallest absolute Gasteiger partial charge is 0.324 e. The van der Waals surface area contributed by atoms with E-state index in [9.17, 15) is 19.2 Å². The van der Waals surface area contributed by atoms with Crippen molar-refractivity contribution < 1.29 is 19.2 Å². The van der Waals surface area contributed by atoms with Crippen LogP contribution in [0.5, 0.6) is 0 Å². The first-order valence-corrected chi connectivity index (χ1v) is 10.2. The molecule has 0 heterocycles. The molecule has 0 unspecified atom stereocenters. The maximum atomic E-state index is 11.8. The zero-order valence-corrected chi connectivity index (χ0v) is 17.6. The van der Waals surface area contributed by atoms with Crippen LogP contribution in [-0.4, -0.2) is 36.7 Å². The number of nitrogens with one attached hydrogen (secondary N) is 6. The molecule has 0 aliphatic heterocycles. The first-order chi connectivity index (χ1) is 15.5. The van der Waals surface area contributed by atoms with Crippen LogP contribution in [0.4, 0.5) is 0 Å². The first kappa shape index (κ1) is 24.5. The standard InChI is InChI=1S/C22H28N6O4/c29-19(23-15-17-7-3-1-4-8-17)11-13-25-27-21(31)22(32)28-26-14-12-20(30)24-16-18-9-5-2-6-10-18/h1-10,25-26H,11-16H2,(H,23,29)(H,24,30)(H,27,31)(H,28,32). The highest BCUT2D eigenvalue weighted by Crippen LogP contribution is 1.98. The van der Waals surface area contributed by atoms with E-state index in [0.717, 1.165) is 11.1 Å². The summed E-state index contributed by atoms with van der Waals surface area (Å²) >= 11 is 0. The predicted octanol–water partition coefficient (Wildman–Crippen LogP) is -0.359. The summed E-state index contributed by atoms with van der Waals surface area (Å²) in [7, 11) is 0. The molecule has 0 spiro atoms. The Kier molecular flexibility index (Phi) is 10.9. The van der Waals surface area contributed by atoms with E-state index >= 15 is 0 Å². The fraction of sp³-hybridized carbons (Fsp3) is 0.273. The van der Waals surface area contributed by atoms with Crippen molar-refractivity contribution in [2.24, 2.45) is 0 Å². The van der Waals surface area contributed by atoms with E-state index in [1.165, 1.54) is 0 Å². The molecule has 0 saturated heterocycles. The summed E-state index contributed by atoms with van der Waals surface area (Å²) in [6.07, 6.45) is 0.260. The van der Waals surface area contributed by atoms with Gasteiger partial charge in [-0.05, 0) is 11.1 Å². The molecule has 10 heteroatoms. The van der Waals surface area contributed by atoms with Crippen molar-refractivity contribution in [3.63, 3.8) is 0 Å². The van der Waals surface area contributed by atoms with Crippen molar-refractivity contribution in [2.45, 2.75) is 25.9 Å².